The number of aromatic nitrogens is 2. The third-order valence-electron chi connectivity index (χ3n) is 4.19. The molecule has 0 saturated heterocycles. The van der Waals surface area contributed by atoms with Crippen molar-refractivity contribution in [1.82, 2.24) is 9.97 Å². The standard InChI is InChI=1S/C21H22N2O6S/c1-14(24)29-21-19-15(12-17(26-2)20(21)27-3)6-4-7-16(19)28-10-5-11-30(25)18-8-9-22-13-23-18/h4,6-9,12-13H,5,10-11H2,1-3H3. The van der Waals surface area contributed by atoms with Crippen molar-refractivity contribution in [2.45, 2.75) is 18.4 Å². The van der Waals surface area contributed by atoms with Crippen molar-refractivity contribution in [1.29, 1.82) is 0 Å². The maximum absolute atomic E-state index is 12.3. The SMILES string of the molecule is COc1cc2cccc(OCCC[S+]([O-])c3ccncn3)c2c(OC(C)=O)c1OC. The number of nitrogens with zero attached hydrogens (tertiary/aromatic N) is 2. The van der Waals surface area contributed by atoms with Gasteiger partial charge in [0, 0.05) is 36.8 Å². The minimum atomic E-state index is -1.23. The van der Waals surface area contributed by atoms with Crippen LogP contribution in [0, 0.1) is 0 Å². The Kier molecular flexibility index (Phi) is 7.31. The number of carbonyl (C=O) groups excluding carboxylic acids is 1. The first-order valence-electron chi connectivity index (χ1n) is 9.18. The summed E-state index contributed by atoms with van der Waals surface area (Å²) in [5, 5.41) is 1.86. The maximum Gasteiger partial charge on any atom is 0.308 e. The average Bonchev–Trinajstić information content (AvgIpc) is 2.76. The summed E-state index contributed by atoms with van der Waals surface area (Å²) in [7, 11) is 2.99. The van der Waals surface area contributed by atoms with Crippen molar-refractivity contribution >= 4 is 27.9 Å². The van der Waals surface area contributed by atoms with Crippen LogP contribution in [-0.2, 0) is 16.0 Å². The second-order valence-corrected chi connectivity index (χ2v) is 7.71. The molecule has 1 atom stereocenters. The molecule has 0 aliphatic heterocycles. The number of rotatable bonds is 9. The van der Waals surface area contributed by atoms with E-state index in [-0.39, 0.29) is 5.75 Å². The summed E-state index contributed by atoms with van der Waals surface area (Å²) in [5.41, 5.74) is 0. The summed E-state index contributed by atoms with van der Waals surface area (Å²) in [4.78, 5) is 19.5. The largest absolute Gasteiger partial charge is 0.610 e. The summed E-state index contributed by atoms with van der Waals surface area (Å²) >= 11 is -1.23. The Morgan fingerprint density at radius 2 is 1.97 bits per heavy atom. The highest BCUT2D eigenvalue weighted by atomic mass is 32.2. The van der Waals surface area contributed by atoms with Crippen molar-refractivity contribution in [2.24, 2.45) is 0 Å². The van der Waals surface area contributed by atoms with E-state index in [0.29, 0.717) is 46.4 Å². The van der Waals surface area contributed by atoms with Gasteiger partial charge in [-0.25, -0.2) is 4.98 Å². The van der Waals surface area contributed by atoms with Gasteiger partial charge in [0.15, 0.2) is 11.5 Å². The molecule has 0 spiro atoms. The van der Waals surface area contributed by atoms with Gasteiger partial charge in [0.25, 0.3) is 0 Å². The normalized spacial score (nSPS) is 11.7. The minimum Gasteiger partial charge on any atom is -0.610 e. The Balaban J connectivity index is 1.82. The van der Waals surface area contributed by atoms with Gasteiger partial charge in [0.05, 0.1) is 26.2 Å². The number of carbonyl (C=O) groups is 1. The van der Waals surface area contributed by atoms with Crippen LogP contribution in [0.1, 0.15) is 13.3 Å². The van der Waals surface area contributed by atoms with Gasteiger partial charge >= 0.3 is 5.97 Å². The zero-order chi connectivity index (χ0) is 21.5. The molecule has 0 saturated carbocycles. The Labute approximate surface area is 177 Å². The van der Waals surface area contributed by atoms with E-state index in [4.69, 9.17) is 18.9 Å². The van der Waals surface area contributed by atoms with Crippen LogP contribution < -0.4 is 18.9 Å². The van der Waals surface area contributed by atoms with Gasteiger partial charge in [-0.1, -0.05) is 12.1 Å². The molecule has 2 aromatic carbocycles. The Bertz CT molecular complexity index is 1020. The Hall–Kier alpha value is -3.04. The van der Waals surface area contributed by atoms with E-state index in [9.17, 15) is 9.35 Å². The molecule has 0 radical (unpaired) electrons. The first-order chi connectivity index (χ1) is 14.5. The maximum atomic E-state index is 12.3. The van der Waals surface area contributed by atoms with Crippen molar-refractivity contribution in [3.63, 3.8) is 0 Å². The quantitative estimate of drug-likeness (QED) is 0.168. The molecule has 0 aliphatic carbocycles. The highest BCUT2D eigenvalue weighted by molar-refractivity contribution is 7.91. The lowest BCUT2D eigenvalue weighted by Crippen LogP contribution is -2.12. The second kappa shape index (κ2) is 10.1. The van der Waals surface area contributed by atoms with Gasteiger partial charge in [-0.3, -0.25) is 4.79 Å². The summed E-state index contributed by atoms with van der Waals surface area (Å²) in [6, 6.07) is 8.90. The second-order valence-electron chi connectivity index (χ2n) is 6.19. The molecule has 3 aromatic rings. The van der Waals surface area contributed by atoms with E-state index in [0.717, 1.165) is 5.39 Å². The molecule has 0 aliphatic rings. The van der Waals surface area contributed by atoms with E-state index in [1.807, 2.05) is 12.1 Å². The molecule has 1 unspecified atom stereocenters. The monoisotopic (exact) mass is 430 g/mol. The first-order valence-corrected chi connectivity index (χ1v) is 10.5. The number of hydrogen-bond acceptors (Lipinski definition) is 8. The van der Waals surface area contributed by atoms with Crippen LogP contribution in [0.15, 0.2) is 47.9 Å². The van der Waals surface area contributed by atoms with Crippen LogP contribution in [0.3, 0.4) is 0 Å². The third-order valence-corrected chi connectivity index (χ3v) is 5.56. The van der Waals surface area contributed by atoms with Crippen molar-refractivity contribution in [3.8, 4) is 23.0 Å². The van der Waals surface area contributed by atoms with E-state index >= 15 is 0 Å². The summed E-state index contributed by atoms with van der Waals surface area (Å²) in [6.07, 6.45) is 3.48. The smallest absolute Gasteiger partial charge is 0.308 e. The molecule has 9 heteroatoms. The lowest BCUT2D eigenvalue weighted by molar-refractivity contribution is -0.131. The van der Waals surface area contributed by atoms with E-state index in [1.54, 1.807) is 24.4 Å². The van der Waals surface area contributed by atoms with Crippen LogP contribution in [0.25, 0.3) is 10.8 Å². The molecule has 0 N–H and O–H groups in total. The van der Waals surface area contributed by atoms with Gasteiger partial charge in [-0.2, -0.15) is 4.98 Å². The number of ether oxygens (including phenoxy) is 4. The lowest BCUT2D eigenvalue weighted by atomic mass is 10.1. The molecule has 1 aromatic heterocycles. The summed E-state index contributed by atoms with van der Waals surface area (Å²) < 4.78 is 34.5. The third kappa shape index (κ3) is 4.92. The minimum absolute atomic E-state index is 0.236. The molecule has 0 amide bonds. The van der Waals surface area contributed by atoms with Gasteiger partial charge < -0.3 is 23.5 Å². The fourth-order valence-corrected chi connectivity index (χ4v) is 3.91. The molecular formula is C21H22N2O6S. The number of benzene rings is 2. The highest BCUT2D eigenvalue weighted by Gasteiger charge is 2.21. The van der Waals surface area contributed by atoms with Crippen LogP contribution in [-0.4, -0.2) is 47.1 Å². The van der Waals surface area contributed by atoms with E-state index in [1.165, 1.54) is 27.5 Å². The molecular weight excluding hydrogens is 408 g/mol. The Morgan fingerprint density at radius 3 is 2.63 bits per heavy atom. The van der Waals surface area contributed by atoms with E-state index in [2.05, 4.69) is 9.97 Å². The lowest BCUT2D eigenvalue weighted by Gasteiger charge is -2.17. The zero-order valence-electron chi connectivity index (χ0n) is 16.9. The fourth-order valence-electron chi connectivity index (χ4n) is 2.94. The fraction of sp³-hybridized carbons (Fsp3) is 0.286. The molecule has 8 nitrogen and oxygen atoms in total. The molecule has 1 heterocycles. The number of esters is 1. The predicted molar refractivity (Wildman–Crippen MR) is 112 cm³/mol. The number of fused-ring (bicyclic) bond motifs is 1. The van der Waals surface area contributed by atoms with Gasteiger partial charge in [-0.15, -0.1) is 0 Å². The summed E-state index contributed by atoms with van der Waals surface area (Å²) in [6.45, 7) is 1.64. The van der Waals surface area contributed by atoms with Crippen LogP contribution in [0.4, 0.5) is 0 Å². The first kappa shape index (κ1) is 21.7. The summed E-state index contributed by atoms with van der Waals surface area (Å²) in [5.74, 6) is 1.42. The van der Waals surface area contributed by atoms with Crippen molar-refractivity contribution in [3.05, 3.63) is 42.9 Å². The Morgan fingerprint density at radius 1 is 1.13 bits per heavy atom. The van der Waals surface area contributed by atoms with Crippen molar-refractivity contribution in [2.75, 3.05) is 26.6 Å². The van der Waals surface area contributed by atoms with Crippen LogP contribution in [0.5, 0.6) is 23.0 Å². The van der Waals surface area contributed by atoms with Crippen LogP contribution >= 0.6 is 0 Å². The van der Waals surface area contributed by atoms with Crippen LogP contribution in [0.2, 0.25) is 0 Å². The average molecular weight is 430 g/mol. The van der Waals surface area contributed by atoms with Gasteiger partial charge in [-0.05, 0) is 17.5 Å². The molecule has 30 heavy (non-hydrogen) atoms. The molecule has 0 fully saturated rings. The molecule has 158 valence electrons. The van der Waals surface area contributed by atoms with E-state index < -0.39 is 17.1 Å². The van der Waals surface area contributed by atoms with Gasteiger partial charge in [0.2, 0.25) is 10.8 Å². The highest BCUT2D eigenvalue weighted by Crippen LogP contribution is 2.47. The molecule has 0 bridgehead atoms. The number of hydrogen-bond donors (Lipinski definition) is 0. The topological polar surface area (TPSA) is 103 Å². The molecule has 3 rings (SSSR count). The van der Waals surface area contributed by atoms with Crippen molar-refractivity contribution < 1.29 is 28.3 Å². The predicted octanol–water partition coefficient (Wildman–Crippen LogP) is 3.15. The zero-order valence-corrected chi connectivity index (χ0v) is 17.7. The van der Waals surface area contributed by atoms with Gasteiger partial charge in [0.1, 0.15) is 17.8 Å². The number of methoxy groups -OCH3 is 2.